The van der Waals surface area contributed by atoms with E-state index < -0.39 is 5.97 Å². The summed E-state index contributed by atoms with van der Waals surface area (Å²) in [6.45, 7) is 6.10. The lowest BCUT2D eigenvalue weighted by atomic mass is 9.84. The zero-order chi connectivity index (χ0) is 23.7. The van der Waals surface area contributed by atoms with E-state index in [2.05, 4.69) is 10.0 Å². The molecule has 0 saturated carbocycles. The van der Waals surface area contributed by atoms with Crippen LogP contribution in [0.5, 0.6) is 5.75 Å². The number of ether oxygens (including phenoxy) is 1. The van der Waals surface area contributed by atoms with Gasteiger partial charge in [0.25, 0.3) is 5.91 Å². The summed E-state index contributed by atoms with van der Waals surface area (Å²) in [5.41, 5.74) is 1.89. The number of benzene rings is 2. The summed E-state index contributed by atoms with van der Waals surface area (Å²) in [5, 5.41) is 2.58. The summed E-state index contributed by atoms with van der Waals surface area (Å²) in [6.07, 6.45) is 0.466. The fourth-order valence-corrected chi connectivity index (χ4v) is 3.52. The molecule has 0 saturated heterocycles. The van der Waals surface area contributed by atoms with Crippen molar-refractivity contribution in [1.82, 2.24) is 14.9 Å². The van der Waals surface area contributed by atoms with Crippen LogP contribution in [-0.4, -0.2) is 42.0 Å². The predicted octanol–water partition coefficient (Wildman–Crippen LogP) is 3.27. The number of carbonyl (C=O) groups is 4. The lowest BCUT2D eigenvalue weighted by Crippen LogP contribution is -2.37. The van der Waals surface area contributed by atoms with E-state index in [0.717, 1.165) is 23.1 Å². The van der Waals surface area contributed by atoms with E-state index in [1.165, 1.54) is 6.92 Å². The van der Waals surface area contributed by atoms with E-state index in [1.807, 2.05) is 38.1 Å². The van der Waals surface area contributed by atoms with Gasteiger partial charge in [-0.1, -0.05) is 50.2 Å². The maximum atomic E-state index is 12.5. The second-order valence-electron chi connectivity index (χ2n) is 7.81. The van der Waals surface area contributed by atoms with Crippen LogP contribution in [0.2, 0.25) is 0 Å². The van der Waals surface area contributed by atoms with Crippen LogP contribution < -0.4 is 14.8 Å². The van der Waals surface area contributed by atoms with Crippen LogP contribution in [0.3, 0.4) is 0 Å². The number of esters is 1. The Morgan fingerprint density at radius 3 is 2.38 bits per heavy atom. The van der Waals surface area contributed by atoms with E-state index in [-0.39, 0.29) is 27.9 Å². The zero-order valence-electron chi connectivity index (χ0n) is 18.5. The van der Waals surface area contributed by atoms with Crippen molar-refractivity contribution in [3.05, 3.63) is 65.2 Å². The van der Waals surface area contributed by atoms with Crippen molar-refractivity contribution in [2.45, 2.75) is 32.7 Å². The fourth-order valence-electron chi connectivity index (χ4n) is 3.15. The molecule has 0 aromatic heterocycles. The van der Waals surface area contributed by atoms with Crippen molar-refractivity contribution >= 4 is 35.5 Å². The summed E-state index contributed by atoms with van der Waals surface area (Å²) in [6, 6.07) is 14.3. The maximum absolute atomic E-state index is 12.5. The summed E-state index contributed by atoms with van der Waals surface area (Å²) < 4.78 is 7.39. The summed E-state index contributed by atoms with van der Waals surface area (Å²) in [7, 11) is 1.68. The van der Waals surface area contributed by atoms with Crippen LogP contribution in [0.15, 0.2) is 48.5 Å². The van der Waals surface area contributed by atoms with Crippen molar-refractivity contribution in [2.24, 2.45) is 0 Å². The first-order valence-corrected chi connectivity index (χ1v) is 10.7. The van der Waals surface area contributed by atoms with Crippen molar-refractivity contribution in [2.75, 3.05) is 13.6 Å². The third-order valence-electron chi connectivity index (χ3n) is 4.71. The Labute approximate surface area is 191 Å². The molecule has 0 atom stereocenters. The van der Waals surface area contributed by atoms with Gasteiger partial charge in [-0.2, -0.15) is 0 Å². The van der Waals surface area contributed by atoms with Crippen molar-refractivity contribution in [3.63, 3.8) is 0 Å². The van der Waals surface area contributed by atoms with E-state index in [4.69, 9.17) is 4.74 Å². The van der Waals surface area contributed by atoms with Crippen molar-refractivity contribution < 1.29 is 23.9 Å². The molecular weight excluding hydrogens is 430 g/mol. The van der Waals surface area contributed by atoms with Crippen molar-refractivity contribution in [1.29, 1.82) is 0 Å². The standard InChI is InChI=1S/C23H27N3O5S/c1-16(28)31-20-8-6-5-7-19(20)21(29)24-13-17-9-11-18(12-10-17)23(2,3)14-26(4)22(30)32-25-15-27/h5-12,15H,13-14H2,1-4H3,(H,24,29)(H,25,27). The Hall–Kier alpha value is -3.33. The van der Waals surface area contributed by atoms with Crippen LogP contribution in [0.4, 0.5) is 4.79 Å². The van der Waals surface area contributed by atoms with Crippen LogP contribution in [0.1, 0.15) is 42.3 Å². The summed E-state index contributed by atoms with van der Waals surface area (Å²) in [5.74, 6) is -0.614. The average molecular weight is 458 g/mol. The quantitative estimate of drug-likeness (QED) is 0.259. The molecule has 0 aliphatic rings. The number of nitrogens with zero attached hydrogens (tertiary/aromatic N) is 1. The van der Waals surface area contributed by atoms with Gasteiger partial charge >= 0.3 is 11.2 Å². The van der Waals surface area contributed by atoms with Crippen LogP contribution in [-0.2, 0) is 21.5 Å². The molecule has 32 heavy (non-hydrogen) atoms. The van der Waals surface area contributed by atoms with E-state index in [9.17, 15) is 19.2 Å². The number of nitrogens with one attached hydrogen (secondary N) is 2. The molecule has 8 nitrogen and oxygen atoms in total. The minimum absolute atomic E-state index is 0.217. The third-order valence-corrected chi connectivity index (χ3v) is 5.41. The number of amides is 3. The molecule has 170 valence electrons. The lowest BCUT2D eigenvalue weighted by molar-refractivity contribution is -0.131. The monoisotopic (exact) mass is 457 g/mol. The summed E-state index contributed by atoms with van der Waals surface area (Å²) >= 11 is 0.736. The third kappa shape index (κ3) is 7.12. The van der Waals surface area contributed by atoms with Gasteiger partial charge in [0.1, 0.15) is 5.75 Å². The highest BCUT2D eigenvalue weighted by Crippen LogP contribution is 2.25. The van der Waals surface area contributed by atoms with Crippen LogP contribution >= 0.6 is 11.9 Å². The molecule has 0 bridgehead atoms. The van der Waals surface area contributed by atoms with E-state index in [0.29, 0.717) is 19.5 Å². The smallest absolute Gasteiger partial charge is 0.308 e. The first-order chi connectivity index (χ1) is 15.1. The molecule has 0 aliphatic carbocycles. The Bertz CT molecular complexity index is 976. The van der Waals surface area contributed by atoms with Crippen LogP contribution in [0, 0.1) is 0 Å². The van der Waals surface area contributed by atoms with Gasteiger partial charge in [0.05, 0.1) is 5.56 Å². The number of para-hydroxylation sites is 1. The largest absolute Gasteiger partial charge is 0.426 e. The number of rotatable bonds is 9. The predicted molar refractivity (Wildman–Crippen MR) is 123 cm³/mol. The number of carbonyl (C=O) groups excluding carboxylic acids is 4. The van der Waals surface area contributed by atoms with Crippen LogP contribution in [0.25, 0.3) is 0 Å². The molecule has 2 aromatic rings. The topological polar surface area (TPSA) is 105 Å². The van der Waals surface area contributed by atoms with Gasteiger partial charge < -0.3 is 15.0 Å². The molecule has 0 unspecified atom stereocenters. The number of hydrogen-bond acceptors (Lipinski definition) is 6. The highest BCUT2D eigenvalue weighted by atomic mass is 32.2. The molecule has 0 heterocycles. The normalized spacial score (nSPS) is 10.8. The molecule has 0 fully saturated rings. The maximum Gasteiger partial charge on any atom is 0.308 e. The molecule has 0 spiro atoms. The van der Waals surface area contributed by atoms with Crippen molar-refractivity contribution in [3.8, 4) is 5.75 Å². The highest BCUT2D eigenvalue weighted by molar-refractivity contribution is 8.12. The Kier molecular flexibility index (Phi) is 8.83. The van der Waals surface area contributed by atoms with Gasteiger partial charge in [-0.25, -0.2) is 0 Å². The SMILES string of the molecule is CC(=O)Oc1ccccc1C(=O)NCc1ccc(C(C)(C)CN(C)C(=O)SNC=O)cc1. The first-order valence-electron chi connectivity index (χ1n) is 9.90. The molecule has 2 rings (SSSR count). The minimum Gasteiger partial charge on any atom is -0.426 e. The van der Waals surface area contributed by atoms with Gasteiger partial charge in [-0.05, 0) is 23.3 Å². The highest BCUT2D eigenvalue weighted by Gasteiger charge is 2.25. The summed E-state index contributed by atoms with van der Waals surface area (Å²) in [4.78, 5) is 47.7. The molecule has 2 aromatic carbocycles. The Balaban J connectivity index is 1.99. The molecule has 3 amide bonds. The molecule has 9 heteroatoms. The first kappa shape index (κ1) is 24.9. The van der Waals surface area contributed by atoms with Gasteiger partial charge in [-0.15, -0.1) is 0 Å². The second kappa shape index (κ2) is 11.3. The molecule has 2 N–H and O–H groups in total. The molecule has 0 aliphatic heterocycles. The Morgan fingerprint density at radius 2 is 1.75 bits per heavy atom. The van der Waals surface area contributed by atoms with E-state index >= 15 is 0 Å². The number of hydrogen-bond donors (Lipinski definition) is 2. The lowest BCUT2D eigenvalue weighted by Gasteiger charge is -2.30. The zero-order valence-corrected chi connectivity index (χ0v) is 19.3. The molecule has 0 radical (unpaired) electrons. The average Bonchev–Trinajstić information content (AvgIpc) is 2.75. The van der Waals surface area contributed by atoms with Gasteiger partial charge in [0.15, 0.2) is 0 Å². The molecular formula is C23H27N3O5S. The minimum atomic E-state index is -0.491. The Morgan fingerprint density at radius 1 is 1.09 bits per heavy atom. The van der Waals surface area contributed by atoms with Gasteiger partial charge in [-0.3, -0.25) is 23.9 Å². The van der Waals surface area contributed by atoms with E-state index in [1.54, 1.807) is 36.2 Å². The van der Waals surface area contributed by atoms with Gasteiger partial charge in [0, 0.05) is 44.4 Å². The fraction of sp³-hybridized carbons (Fsp3) is 0.304. The second-order valence-corrected chi connectivity index (χ2v) is 8.60. The number of likely N-dealkylation sites (N-methyl/N-ethyl adjacent to an activating group) is 1. The van der Waals surface area contributed by atoms with Gasteiger partial charge in [0.2, 0.25) is 6.41 Å².